The van der Waals surface area contributed by atoms with Gasteiger partial charge in [-0.05, 0) is 0 Å². The number of nitrogens with one attached hydrogen (secondary N) is 1. The molecule has 0 aromatic heterocycles. The highest BCUT2D eigenvalue weighted by molar-refractivity contribution is 5.72. The smallest absolute Gasteiger partial charge is 0.216 e. The minimum Gasteiger partial charge on any atom is -0.394 e. The Labute approximate surface area is 148 Å². The first-order valence-electron chi connectivity index (χ1n) is 8.07. The Morgan fingerprint density at radius 2 is 1.58 bits per heavy atom. The van der Waals surface area contributed by atoms with Crippen molar-refractivity contribution in [2.75, 3.05) is 13.2 Å². The maximum absolute atomic E-state index is 11.1. The molecule has 2 fully saturated rings. The van der Waals surface area contributed by atoms with Crippen LogP contribution in [-0.4, -0.2) is 116 Å². The zero-order valence-electron chi connectivity index (χ0n) is 14.0. The molecular formula is C14H25NO11. The van der Waals surface area contributed by atoms with E-state index in [9.17, 15) is 40.5 Å². The maximum atomic E-state index is 11.1. The highest BCUT2D eigenvalue weighted by Gasteiger charge is 2.50. The Morgan fingerprint density at radius 1 is 0.923 bits per heavy atom. The number of aliphatic hydroxyl groups is 7. The largest absolute Gasteiger partial charge is 0.394 e. The number of carbonyl (C=O) groups excluding carboxylic acids is 1. The number of hydrogen-bond acceptors (Lipinski definition) is 11. The van der Waals surface area contributed by atoms with Crippen LogP contribution in [0.15, 0.2) is 0 Å². The summed E-state index contributed by atoms with van der Waals surface area (Å²) in [4.78, 5) is 11.1. The third-order valence-electron chi connectivity index (χ3n) is 4.35. The van der Waals surface area contributed by atoms with Crippen LogP contribution in [0.4, 0.5) is 0 Å². The SMILES string of the molecule is CC(=O)NC[C@H]1O[C@@H](O)[C@H](O)[C@@H](O)[C@H]1O[C@H]1O[C@H](CO)[C@H](O)[C@H](O)[C@H]1O. The molecule has 2 aliphatic heterocycles. The normalized spacial score (nSPS) is 46.8. The molecule has 0 radical (unpaired) electrons. The summed E-state index contributed by atoms with van der Waals surface area (Å²) in [6, 6.07) is 0. The number of aliphatic hydroxyl groups excluding tert-OH is 7. The number of ether oxygens (including phenoxy) is 3. The molecule has 0 unspecified atom stereocenters. The Hall–Kier alpha value is -0.930. The van der Waals surface area contributed by atoms with E-state index >= 15 is 0 Å². The van der Waals surface area contributed by atoms with Gasteiger partial charge in [-0.2, -0.15) is 0 Å². The number of rotatable bonds is 5. The fraction of sp³-hybridized carbons (Fsp3) is 0.929. The van der Waals surface area contributed by atoms with Gasteiger partial charge in [-0.3, -0.25) is 4.79 Å². The van der Waals surface area contributed by atoms with Crippen molar-refractivity contribution < 1.29 is 54.8 Å². The van der Waals surface area contributed by atoms with Gasteiger partial charge in [0.05, 0.1) is 6.61 Å². The van der Waals surface area contributed by atoms with E-state index in [4.69, 9.17) is 14.2 Å². The third-order valence-corrected chi connectivity index (χ3v) is 4.35. The minimum atomic E-state index is -1.74. The zero-order chi connectivity index (χ0) is 19.6. The van der Waals surface area contributed by atoms with Gasteiger partial charge < -0.3 is 55.3 Å². The van der Waals surface area contributed by atoms with Gasteiger partial charge in [-0.25, -0.2) is 0 Å². The molecule has 0 aromatic carbocycles. The Bertz CT molecular complexity index is 478. The molecule has 2 heterocycles. The molecule has 2 rings (SSSR count). The van der Waals surface area contributed by atoms with Crippen LogP contribution in [0.5, 0.6) is 0 Å². The molecule has 1 amide bonds. The van der Waals surface area contributed by atoms with Crippen molar-refractivity contribution in [1.82, 2.24) is 5.32 Å². The first kappa shape index (κ1) is 21.4. The molecule has 152 valence electrons. The predicted octanol–water partition coefficient (Wildman–Crippen LogP) is -5.25. The zero-order valence-corrected chi connectivity index (χ0v) is 14.0. The molecule has 0 saturated carbocycles. The van der Waals surface area contributed by atoms with E-state index in [1.165, 1.54) is 6.92 Å². The second-order valence-electron chi connectivity index (χ2n) is 6.28. The molecule has 0 bridgehead atoms. The summed E-state index contributed by atoms with van der Waals surface area (Å²) in [5.74, 6) is -0.421. The summed E-state index contributed by atoms with van der Waals surface area (Å²) >= 11 is 0. The third kappa shape index (κ3) is 4.48. The molecule has 0 aromatic rings. The van der Waals surface area contributed by atoms with Crippen molar-refractivity contribution in [1.29, 1.82) is 0 Å². The fourth-order valence-corrected chi connectivity index (χ4v) is 2.83. The topological polar surface area (TPSA) is 198 Å². The summed E-state index contributed by atoms with van der Waals surface area (Å²) in [7, 11) is 0. The van der Waals surface area contributed by atoms with Gasteiger partial charge in [0.25, 0.3) is 0 Å². The van der Waals surface area contributed by atoms with E-state index in [0.717, 1.165) is 0 Å². The van der Waals surface area contributed by atoms with Crippen LogP contribution >= 0.6 is 0 Å². The van der Waals surface area contributed by atoms with Crippen molar-refractivity contribution in [3.63, 3.8) is 0 Å². The average Bonchev–Trinajstić information content (AvgIpc) is 2.60. The van der Waals surface area contributed by atoms with Crippen molar-refractivity contribution in [3.8, 4) is 0 Å². The van der Waals surface area contributed by atoms with E-state index in [1.54, 1.807) is 0 Å². The molecule has 26 heavy (non-hydrogen) atoms. The van der Waals surface area contributed by atoms with Crippen LogP contribution in [-0.2, 0) is 19.0 Å². The highest BCUT2D eigenvalue weighted by Crippen LogP contribution is 2.28. The Balaban J connectivity index is 2.14. The van der Waals surface area contributed by atoms with Crippen molar-refractivity contribution in [3.05, 3.63) is 0 Å². The first-order chi connectivity index (χ1) is 12.2. The molecular weight excluding hydrogens is 358 g/mol. The van der Waals surface area contributed by atoms with Gasteiger partial charge in [0.1, 0.15) is 48.8 Å². The van der Waals surface area contributed by atoms with E-state index in [-0.39, 0.29) is 6.54 Å². The molecule has 0 aliphatic carbocycles. The monoisotopic (exact) mass is 383 g/mol. The second-order valence-corrected chi connectivity index (χ2v) is 6.28. The first-order valence-corrected chi connectivity index (χ1v) is 8.07. The maximum Gasteiger partial charge on any atom is 0.216 e. The van der Waals surface area contributed by atoms with Crippen LogP contribution in [0, 0.1) is 0 Å². The lowest BCUT2D eigenvalue weighted by molar-refractivity contribution is -0.352. The molecule has 10 atom stereocenters. The lowest BCUT2D eigenvalue weighted by atomic mass is 9.96. The standard InChI is InChI=1S/C14H25NO11/c1-4(17)15-2-5-12(9(20)10(21)13(23)24-5)26-14-11(22)8(19)7(18)6(3-16)25-14/h5-14,16,18-23H,2-3H2,1H3,(H,15,17)/t5-,6-,7+,8+,9-,10-,11-,12+,13-,14-/m1/s1. The van der Waals surface area contributed by atoms with E-state index < -0.39 is 73.9 Å². The number of hydrogen-bond donors (Lipinski definition) is 8. The van der Waals surface area contributed by atoms with Gasteiger partial charge in [0, 0.05) is 13.5 Å². The number of carbonyl (C=O) groups is 1. The fourth-order valence-electron chi connectivity index (χ4n) is 2.83. The van der Waals surface area contributed by atoms with Gasteiger partial charge >= 0.3 is 0 Å². The molecule has 8 N–H and O–H groups in total. The average molecular weight is 383 g/mol. The van der Waals surface area contributed by atoms with Gasteiger partial charge in [0.2, 0.25) is 5.91 Å². The summed E-state index contributed by atoms with van der Waals surface area (Å²) in [6.07, 6.45) is -15.5. The Morgan fingerprint density at radius 3 is 2.15 bits per heavy atom. The van der Waals surface area contributed by atoms with Gasteiger partial charge in [-0.15, -0.1) is 0 Å². The highest BCUT2D eigenvalue weighted by atomic mass is 16.7. The number of amides is 1. The summed E-state index contributed by atoms with van der Waals surface area (Å²) < 4.78 is 15.7. The van der Waals surface area contributed by atoms with E-state index in [1.807, 2.05) is 0 Å². The van der Waals surface area contributed by atoms with Crippen LogP contribution in [0.3, 0.4) is 0 Å². The van der Waals surface area contributed by atoms with Gasteiger partial charge in [0.15, 0.2) is 12.6 Å². The van der Waals surface area contributed by atoms with Crippen molar-refractivity contribution in [2.24, 2.45) is 0 Å². The van der Waals surface area contributed by atoms with Crippen molar-refractivity contribution in [2.45, 2.75) is 68.3 Å². The second kappa shape index (κ2) is 8.84. The van der Waals surface area contributed by atoms with Crippen LogP contribution in [0.25, 0.3) is 0 Å². The lowest BCUT2D eigenvalue weighted by Gasteiger charge is -2.45. The van der Waals surface area contributed by atoms with Gasteiger partial charge in [-0.1, -0.05) is 0 Å². The van der Waals surface area contributed by atoms with Crippen LogP contribution in [0.1, 0.15) is 6.92 Å². The predicted molar refractivity (Wildman–Crippen MR) is 80.2 cm³/mol. The summed E-state index contributed by atoms with van der Waals surface area (Å²) in [5.41, 5.74) is 0. The molecule has 0 spiro atoms. The van der Waals surface area contributed by atoms with Crippen LogP contribution < -0.4 is 5.32 Å². The van der Waals surface area contributed by atoms with Crippen molar-refractivity contribution >= 4 is 5.91 Å². The van der Waals surface area contributed by atoms with E-state index in [0.29, 0.717) is 0 Å². The summed E-state index contributed by atoms with van der Waals surface area (Å²) in [5, 5.41) is 70.7. The quantitative estimate of drug-likeness (QED) is 0.226. The Kier molecular flexibility index (Phi) is 7.27. The van der Waals surface area contributed by atoms with E-state index in [2.05, 4.69) is 5.32 Å². The lowest BCUT2D eigenvalue weighted by Crippen LogP contribution is -2.65. The molecule has 12 nitrogen and oxygen atoms in total. The summed E-state index contributed by atoms with van der Waals surface area (Å²) in [6.45, 7) is 0.363. The van der Waals surface area contributed by atoms with Crippen LogP contribution in [0.2, 0.25) is 0 Å². The molecule has 12 heteroatoms. The molecule has 2 saturated heterocycles. The minimum absolute atomic E-state index is 0.196. The molecule has 2 aliphatic rings.